The second-order valence-electron chi connectivity index (χ2n) is 3.91. The van der Waals surface area contributed by atoms with Crippen molar-refractivity contribution in [1.82, 2.24) is 0 Å². The lowest BCUT2D eigenvalue weighted by atomic mass is 10.0. The highest BCUT2D eigenvalue weighted by atomic mass is 35.5. The molecule has 2 aromatic rings. The highest BCUT2D eigenvalue weighted by molar-refractivity contribution is 6.39. The zero-order valence-corrected chi connectivity index (χ0v) is 11.6. The van der Waals surface area contributed by atoms with Crippen LogP contribution in [0.1, 0.15) is 15.9 Å². The maximum Gasteiger partial charge on any atom is 0.193 e. The predicted octanol–water partition coefficient (Wildman–Crippen LogP) is 3.82. The lowest BCUT2D eigenvalue weighted by Crippen LogP contribution is -2.02. The summed E-state index contributed by atoms with van der Waals surface area (Å²) in [7, 11) is 1.57. The first-order chi connectivity index (χ1) is 9.02. The number of hydrogen-bond donors (Lipinski definition) is 1. The minimum atomic E-state index is -0.175. The number of hydrogen-bond acceptors (Lipinski definition) is 3. The van der Waals surface area contributed by atoms with E-state index < -0.39 is 0 Å². The SMILES string of the molecule is COc1ccc(C(=O)c2cc(Cl)c(N)c(Cl)c2)cc1. The zero-order valence-electron chi connectivity index (χ0n) is 10.1. The van der Waals surface area contributed by atoms with Crippen molar-refractivity contribution in [1.29, 1.82) is 0 Å². The first-order valence-electron chi connectivity index (χ1n) is 5.46. The molecule has 5 heteroatoms. The molecule has 0 unspecified atom stereocenters. The molecule has 0 amide bonds. The lowest BCUT2D eigenvalue weighted by Gasteiger charge is -2.06. The van der Waals surface area contributed by atoms with Crippen LogP contribution in [-0.2, 0) is 0 Å². The average molecular weight is 296 g/mol. The van der Waals surface area contributed by atoms with E-state index in [4.69, 9.17) is 33.7 Å². The molecular formula is C14H11Cl2NO2. The lowest BCUT2D eigenvalue weighted by molar-refractivity contribution is 0.103. The molecule has 0 saturated carbocycles. The molecule has 0 atom stereocenters. The number of anilines is 1. The van der Waals surface area contributed by atoms with E-state index in [1.807, 2.05) is 0 Å². The molecule has 0 spiro atoms. The molecule has 0 radical (unpaired) electrons. The van der Waals surface area contributed by atoms with E-state index in [2.05, 4.69) is 0 Å². The van der Waals surface area contributed by atoms with Gasteiger partial charge < -0.3 is 10.5 Å². The number of carbonyl (C=O) groups is 1. The maximum atomic E-state index is 12.3. The molecule has 0 heterocycles. The Morgan fingerprint density at radius 3 is 2.05 bits per heavy atom. The van der Waals surface area contributed by atoms with Crippen LogP contribution in [0, 0.1) is 0 Å². The van der Waals surface area contributed by atoms with Crippen molar-refractivity contribution in [2.45, 2.75) is 0 Å². The van der Waals surface area contributed by atoms with Crippen LogP contribution in [-0.4, -0.2) is 12.9 Å². The van der Waals surface area contributed by atoms with Gasteiger partial charge in [0.05, 0.1) is 22.8 Å². The van der Waals surface area contributed by atoms with Crippen LogP contribution in [0.2, 0.25) is 10.0 Å². The van der Waals surface area contributed by atoms with Crippen molar-refractivity contribution >= 4 is 34.7 Å². The average Bonchev–Trinajstić information content (AvgIpc) is 2.43. The van der Waals surface area contributed by atoms with E-state index in [1.54, 1.807) is 31.4 Å². The van der Waals surface area contributed by atoms with Crippen molar-refractivity contribution in [2.24, 2.45) is 0 Å². The highest BCUT2D eigenvalue weighted by Crippen LogP contribution is 2.29. The summed E-state index contributed by atoms with van der Waals surface area (Å²) in [5, 5.41) is 0.536. The number of benzene rings is 2. The van der Waals surface area contributed by atoms with Gasteiger partial charge in [-0.3, -0.25) is 4.79 Å². The number of methoxy groups -OCH3 is 1. The maximum absolute atomic E-state index is 12.3. The number of ketones is 1. The van der Waals surface area contributed by atoms with Gasteiger partial charge >= 0.3 is 0 Å². The number of halogens is 2. The van der Waals surface area contributed by atoms with Crippen LogP contribution in [0.15, 0.2) is 36.4 Å². The van der Waals surface area contributed by atoms with Gasteiger partial charge in [0, 0.05) is 11.1 Å². The van der Waals surface area contributed by atoms with Crippen LogP contribution >= 0.6 is 23.2 Å². The Morgan fingerprint density at radius 2 is 1.58 bits per heavy atom. The number of ether oxygens (including phenoxy) is 1. The fourth-order valence-electron chi connectivity index (χ4n) is 1.62. The summed E-state index contributed by atoms with van der Waals surface area (Å²) in [5.41, 5.74) is 6.83. The summed E-state index contributed by atoms with van der Waals surface area (Å²) in [6.07, 6.45) is 0. The largest absolute Gasteiger partial charge is 0.497 e. The smallest absolute Gasteiger partial charge is 0.193 e. The Labute approximate surface area is 120 Å². The third-order valence-electron chi connectivity index (χ3n) is 2.69. The van der Waals surface area contributed by atoms with E-state index in [-0.39, 0.29) is 21.5 Å². The van der Waals surface area contributed by atoms with Gasteiger partial charge in [-0.2, -0.15) is 0 Å². The van der Waals surface area contributed by atoms with Gasteiger partial charge in [-0.15, -0.1) is 0 Å². The molecule has 3 nitrogen and oxygen atoms in total. The van der Waals surface area contributed by atoms with E-state index >= 15 is 0 Å². The molecule has 0 fully saturated rings. The zero-order chi connectivity index (χ0) is 14.0. The van der Waals surface area contributed by atoms with Crippen LogP contribution in [0.5, 0.6) is 5.75 Å². The summed E-state index contributed by atoms with van der Waals surface area (Å²) in [6.45, 7) is 0. The molecule has 0 aliphatic carbocycles. The summed E-state index contributed by atoms with van der Waals surface area (Å²) in [4.78, 5) is 12.3. The molecule has 0 bridgehead atoms. The molecule has 2 aromatic carbocycles. The first kappa shape index (κ1) is 13.7. The van der Waals surface area contributed by atoms with Crippen molar-refractivity contribution < 1.29 is 9.53 Å². The fraction of sp³-hybridized carbons (Fsp3) is 0.0714. The molecule has 2 N–H and O–H groups in total. The third-order valence-corrected chi connectivity index (χ3v) is 3.32. The Balaban J connectivity index is 2.38. The summed E-state index contributed by atoms with van der Waals surface area (Å²) in [6, 6.07) is 9.81. The minimum absolute atomic E-state index is 0.175. The first-order valence-corrected chi connectivity index (χ1v) is 6.22. The van der Waals surface area contributed by atoms with E-state index in [9.17, 15) is 4.79 Å². The normalized spacial score (nSPS) is 10.3. The van der Waals surface area contributed by atoms with Crippen LogP contribution in [0.25, 0.3) is 0 Å². The molecular weight excluding hydrogens is 285 g/mol. The summed E-state index contributed by atoms with van der Waals surface area (Å²) in [5.74, 6) is 0.511. The van der Waals surface area contributed by atoms with Crippen molar-refractivity contribution in [3.05, 3.63) is 57.6 Å². The molecule has 2 rings (SSSR count). The molecule has 0 saturated heterocycles. The quantitative estimate of drug-likeness (QED) is 0.692. The number of nitrogens with two attached hydrogens (primary N) is 1. The van der Waals surface area contributed by atoms with E-state index in [0.717, 1.165) is 0 Å². The third kappa shape index (κ3) is 2.83. The second-order valence-corrected chi connectivity index (χ2v) is 4.73. The molecule has 0 aromatic heterocycles. The Kier molecular flexibility index (Phi) is 3.98. The van der Waals surface area contributed by atoms with Gasteiger partial charge in [0.1, 0.15) is 5.75 Å². The van der Waals surface area contributed by atoms with Gasteiger partial charge in [-0.05, 0) is 36.4 Å². The molecule has 0 aliphatic rings. The Morgan fingerprint density at radius 1 is 1.05 bits per heavy atom. The fourth-order valence-corrected chi connectivity index (χ4v) is 2.11. The van der Waals surface area contributed by atoms with Crippen LogP contribution in [0.4, 0.5) is 5.69 Å². The van der Waals surface area contributed by atoms with E-state index in [0.29, 0.717) is 16.9 Å². The Bertz CT molecular complexity index is 601. The number of nitrogen functional groups attached to an aromatic ring is 1. The van der Waals surface area contributed by atoms with Gasteiger partial charge in [-0.25, -0.2) is 0 Å². The number of rotatable bonds is 3. The molecule has 19 heavy (non-hydrogen) atoms. The van der Waals surface area contributed by atoms with Crippen LogP contribution in [0.3, 0.4) is 0 Å². The molecule has 0 aliphatic heterocycles. The van der Waals surface area contributed by atoms with Gasteiger partial charge in [0.25, 0.3) is 0 Å². The van der Waals surface area contributed by atoms with Crippen molar-refractivity contribution in [2.75, 3.05) is 12.8 Å². The monoisotopic (exact) mass is 295 g/mol. The van der Waals surface area contributed by atoms with Gasteiger partial charge in [-0.1, -0.05) is 23.2 Å². The molecule has 98 valence electrons. The standard InChI is InChI=1S/C14H11Cl2NO2/c1-19-10-4-2-8(3-5-10)14(18)9-6-11(15)13(17)12(16)7-9/h2-7H,17H2,1H3. The van der Waals surface area contributed by atoms with E-state index in [1.165, 1.54) is 12.1 Å². The summed E-state index contributed by atoms with van der Waals surface area (Å²) < 4.78 is 5.04. The predicted molar refractivity (Wildman–Crippen MR) is 77.3 cm³/mol. The van der Waals surface area contributed by atoms with Gasteiger partial charge in [0.2, 0.25) is 0 Å². The number of carbonyl (C=O) groups excluding carboxylic acids is 1. The second kappa shape index (κ2) is 5.51. The summed E-state index contributed by atoms with van der Waals surface area (Å²) >= 11 is 11.8. The van der Waals surface area contributed by atoms with Crippen molar-refractivity contribution in [3.63, 3.8) is 0 Å². The minimum Gasteiger partial charge on any atom is -0.497 e. The van der Waals surface area contributed by atoms with Crippen molar-refractivity contribution in [3.8, 4) is 5.75 Å². The van der Waals surface area contributed by atoms with Crippen LogP contribution < -0.4 is 10.5 Å². The topological polar surface area (TPSA) is 52.3 Å². The Hall–Kier alpha value is -1.71. The highest BCUT2D eigenvalue weighted by Gasteiger charge is 2.13. The van der Waals surface area contributed by atoms with Gasteiger partial charge in [0.15, 0.2) is 5.78 Å².